The third-order valence-electron chi connectivity index (χ3n) is 1.77. The van der Waals surface area contributed by atoms with E-state index in [1.54, 1.807) is 0 Å². The molecule has 6 heteroatoms. The third kappa shape index (κ3) is 2.75. The highest BCUT2D eigenvalue weighted by atomic mass is 32.2. The van der Waals surface area contributed by atoms with Gasteiger partial charge >= 0.3 is 5.25 Å². The third-order valence-corrected chi connectivity index (χ3v) is 2.60. The van der Waals surface area contributed by atoms with Crippen LogP contribution < -0.4 is 0 Å². The number of alkyl halides is 2. The Balaban J connectivity index is 3.05. The second kappa shape index (κ2) is 4.86. The molecule has 0 radical (unpaired) electrons. The summed E-state index contributed by atoms with van der Waals surface area (Å²) in [5.41, 5.74) is -0.799. The first kappa shape index (κ1) is 13.0. The number of benzene rings is 1. The molecule has 1 nitrogen and oxygen atoms in total. The Hall–Kier alpha value is -1.04. The van der Waals surface area contributed by atoms with Gasteiger partial charge in [0.15, 0.2) is 0 Å². The van der Waals surface area contributed by atoms with E-state index in [-0.39, 0.29) is 17.5 Å². The Morgan fingerprint density at radius 1 is 1.38 bits per heavy atom. The fraction of sp³-hybridized carbons (Fsp3) is 0.300. The van der Waals surface area contributed by atoms with E-state index >= 15 is 0 Å². The Bertz CT molecular complexity index is 406. The number of rotatable bonds is 4. The normalized spacial score (nSPS) is 11.6. The van der Waals surface area contributed by atoms with Crippen molar-refractivity contribution in [2.24, 2.45) is 0 Å². The zero-order chi connectivity index (χ0) is 12.3. The molecular formula is C10H8F4OS. The van der Waals surface area contributed by atoms with E-state index in [2.05, 4.69) is 0 Å². The van der Waals surface area contributed by atoms with Crippen LogP contribution in [-0.4, -0.2) is 16.8 Å². The summed E-state index contributed by atoms with van der Waals surface area (Å²) in [5, 5.41) is -3.69. The molecule has 1 aromatic rings. The summed E-state index contributed by atoms with van der Waals surface area (Å²) in [4.78, 5) is 11.3. The highest BCUT2D eigenvalue weighted by molar-refractivity contribution is 8.01. The number of Topliss-reactive ketones (excluding diaryl/α,β-unsaturated/α-hetero) is 1. The molecule has 1 rings (SSSR count). The lowest BCUT2D eigenvalue weighted by molar-refractivity contribution is 0.0562. The number of carbonyl (C=O) groups excluding carboxylic acids is 1. The van der Waals surface area contributed by atoms with Gasteiger partial charge in [-0.25, -0.2) is 8.78 Å². The Morgan fingerprint density at radius 3 is 2.50 bits per heavy atom. The zero-order valence-corrected chi connectivity index (χ0v) is 9.08. The molecular weight excluding hydrogens is 244 g/mol. The Morgan fingerprint density at radius 2 is 2.00 bits per heavy atom. The molecule has 0 aliphatic carbocycles. The van der Waals surface area contributed by atoms with Crippen LogP contribution in [0.1, 0.15) is 17.3 Å². The summed E-state index contributed by atoms with van der Waals surface area (Å²) in [7, 11) is 0. The first-order valence-corrected chi connectivity index (χ1v) is 5.38. The molecule has 0 N–H and O–H groups in total. The second-order valence-corrected chi connectivity index (χ2v) is 4.28. The first-order chi connectivity index (χ1) is 7.38. The Kier molecular flexibility index (Phi) is 3.96. The number of ketones is 1. The van der Waals surface area contributed by atoms with Gasteiger partial charge in [-0.3, -0.25) is 4.79 Å². The topological polar surface area (TPSA) is 17.1 Å². The summed E-state index contributed by atoms with van der Waals surface area (Å²) >= 11 is 0.106. The average molecular weight is 252 g/mol. The van der Waals surface area contributed by atoms with Crippen LogP contribution in [0.25, 0.3) is 0 Å². The molecule has 0 aliphatic rings. The van der Waals surface area contributed by atoms with Gasteiger partial charge in [0.05, 0.1) is 5.56 Å². The molecule has 0 saturated heterocycles. The van der Waals surface area contributed by atoms with Crippen LogP contribution in [0.2, 0.25) is 0 Å². The van der Waals surface area contributed by atoms with Gasteiger partial charge in [0.2, 0.25) is 5.78 Å². The maximum absolute atomic E-state index is 13.1. The molecule has 0 bridgehead atoms. The molecule has 0 amide bonds. The molecule has 1 aromatic carbocycles. The smallest absolute Gasteiger partial charge is 0.286 e. The molecule has 0 atom stereocenters. The SMILES string of the molecule is CCSC(F)(F)C(=O)c1ccc(F)cc1F. The molecule has 88 valence electrons. The zero-order valence-electron chi connectivity index (χ0n) is 8.27. The van der Waals surface area contributed by atoms with Crippen molar-refractivity contribution in [2.75, 3.05) is 5.75 Å². The predicted molar refractivity (Wildman–Crippen MR) is 53.8 cm³/mol. The van der Waals surface area contributed by atoms with Crippen LogP contribution in [0, 0.1) is 11.6 Å². The van der Waals surface area contributed by atoms with E-state index in [0.29, 0.717) is 6.07 Å². The minimum absolute atomic E-state index is 0.0154. The highest BCUT2D eigenvalue weighted by Gasteiger charge is 2.40. The molecule has 0 unspecified atom stereocenters. The van der Waals surface area contributed by atoms with Crippen LogP contribution in [-0.2, 0) is 0 Å². The maximum Gasteiger partial charge on any atom is 0.355 e. The summed E-state index contributed by atoms with van der Waals surface area (Å²) in [6.45, 7) is 1.45. The van der Waals surface area contributed by atoms with Gasteiger partial charge in [0.1, 0.15) is 11.6 Å². The summed E-state index contributed by atoms with van der Waals surface area (Å²) in [6, 6.07) is 1.89. The highest BCUT2D eigenvalue weighted by Crippen LogP contribution is 2.33. The van der Waals surface area contributed by atoms with Crippen molar-refractivity contribution in [2.45, 2.75) is 12.2 Å². The van der Waals surface area contributed by atoms with Crippen LogP contribution >= 0.6 is 11.8 Å². The predicted octanol–water partition coefficient (Wildman–Crippen LogP) is 3.49. The lowest BCUT2D eigenvalue weighted by Gasteiger charge is -2.13. The van der Waals surface area contributed by atoms with E-state index in [1.165, 1.54) is 6.92 Å². The van der Waals surface area contributed by atoms with E-state index < -0.39 is 28.2 Å². The second-order valence-electron chi connectivity index (χ2n) is 2.90. The molecule has 0 aromatic heterocycles. The van der Waals surface area contributed by atoms with Gasteiger partial charge in [-0.2, -0.15) is 8.78 Å². The molecule has 0 aliphatic heterocycles. The number of hydrogen-bond acceptors (Lipinski definition) is 2. The maximum atomic E-state index is 13.1. The first-order valence-electron chi connectivity index (χ1n) is 4.40. The number of hydrogen-bond donors (Lipinski definition) is 0. The number of halogens is 4. The molecule has 0 fully saturated rings. The van der Waals surface area contributed by atoms with E-state index in [4.69, 9.17) is 0 Å². The van der Waals surface area contributed by atoms with Crippen molar-refractivity contribution in [3.63, 3.8) is 0 Å². The van der Waals surface area contributed by atoms with Crippen LogP contribution in [0.15, 0.2) is 18.2 Å². The van der Waals surface area contributed by atoms with E-state index in [0.717, 1.165) is 12.1 Å². The van der Waals surface area contributed by atoms with E-state index in [1.807, 2.05) is 0 Å². The van der Waals surface area contributed by atoms with Gasteiger partial charge in [-0.1, -0.05) is 18.7 Å². The largest absolute Gasteiger partial charge is 0.355 e. The van der Waals surface area contributed by atoms with Crippen LogP contribution in [0.4, 0.5) is 17.6 Å². The lowest BCUT2D eigenvalue weighted by atomic mass is 10.1. The molecule has 16 heavy (non-hydrogen) atoms. The van der Waals surface area contributed by atoms with Gasteiger partial charge < -0.3 is 0 Å². The lowest BCUT2D eigenvalue weighted by Crippen LogP contribution is -2.26. The summed E-state index contributed by atoms with van der Waals surface area (Å²) in [6.07, 6.45) is 0. The van der Waals surface area contributed by atoms with Crippen LogP contribution in [0.3, 0.4) is 0 Å². The fourth-order valence-corrected chi connectivity index (χ4v) is 1.68. The average Bonchev–Trinajstić information content (AvgIpc) is 2.16. The van der Waals surface area contributed by atoms with Crippen molar-refractivity contribution >= 4 is 17.5 Å². The van der Waals surface area contributed by atoms with Crippen molar-refractivity contribution in [1.82, 2.24) is 0 Å². The molecule has 0 saturated carbocycles. The standard InChI is InChI=1S/C10H8F4OS/c1-2-16-10(13,14)9(15)7-4-3-6(11)5-8(7)12/h3-5H,2H2,1H3. The van der Waals surface area contributed by atoms with Crippen molar-refractivity contribution in [3.8, 4) is 0 Å². The fourth-order valence-electron chi connectivity index (χ4n) is 1.08. The number of thioether (sulfide) groups is 1. The van der Waals surface area contributed by atoms with Gasteiger partial charge in [0, 0.05) is 6.07 Å². The van der Waals surface area contributed by atoms with Crippen molar-refractivity contribution in [3.05, 3.63) is 35.4 Å². The van der Waals surface area contributed by atoms with Crippen LogP contribution in [0.5, 0.6) is 0 Å². The quantitative estimate of drug-likeness (QED) is 0.602. The van der Waals surface area contributed by atoms with Gasteiger partial charge in [0.25, 0.3) is 0 Å². The summed E-state index contributed by atoms with van der Waals surface area (Å²) in [5.74, 6) is -3.82. The Labute approximate surface area is 93.8 Å². The van der Waals surface area contributed by atoms with E-state index in [9.17, 15) is 22.4 Å². The van der Waals surface area contributed by atoms with Crippen molar-refractivity contribution < 1.29 is 22.4 Å². The minimum Gasteiger partial charge on any atom is -0.286 e. The number of carbonyl (C=O) groups is 1. The molecule has 0 spiro atoms. The molecule has 0 heterocycles. The summed E-state index contributed by atoms with van der Waals surface area (Å²) < 4.78 is 51.9. The van der Waals surface area contributed by atoms with Crippen molar-refractivity contribution in [1.29, 1.82) is 0 Å². The van der Waals surface area contributed by atoms with Gasteiger partial charge in [-0.05, 0) is 17.9 Å². The monoisotopic (exact) mass is 252 g/mol. The van der Waals surface area contributed by atoms with Gasteiger partial charge in [-0.15, -0.1) is 0 Å². The minimum atomic E-state index is -3.69.